The maximum Gasteiger partial charge on any atom is 0.273 e. The molecule has 0 radical (unpaired) electrons. The molecule has 6 rings (SSSR count). The summed E-state index contributed by atoms with van der Waals surface area (Å²) >= 11 is 0. The fourth-order valence-electron chi connectivity index (χ4n) is 5.53. The van der Waals surface area contributed by atoms with Crippen molar-refractivity contribution >= 4 is 16.7 Å². The van der Waals surface area contributed by atoms with E-state index >= 15 is 0 Å². The van der Waals surface area contributed by atoms with Crippen LogP contribution in [0.3, 0.4) is 0 Å². The van der Waals surface area contributed by atoms with Gasteiger partial charge >= 0.3 is 0 Å². The zero-order valence-electron chi connectivity index (χ0n) is 18.1. The number of amides is 1. The normalized spacial score (nSPS) is 19.5. The van der Waals surface area contributed by atoms with E-state index in [-0.39, 0.29) is 18.0 Å². The second kappa shape index (κ2) is 7.47. The molecule has 1 fully saturated rings. The molecule has 2 aliphatic rings. The molecule has 0 unspecified atom stereocenters. The molecule has 4 aromatic rings. The number of carbonyl (C=O) groups excluding carboxylic acids is 1. The summed E-state index contributed by atoms with van der Waals surface area (Å²) in [6, 6.07) is 13.1. The molecule has 0 aliphatic carbocycles. The Kier molecular flexibility index (Phi) is 4.54. The Balaban J connectivity index is 1.42. The van der Waals surface area contributed by atoms with E-state index in [0.29, 0.717) is 17.7 Å². The molecular weight excluding hydrogens is 422 g/mol. The minimum absolute atomic E-state index is 0.00150. The zero-order valence-corrected chi connectivity index (χ0v) is 18.1. The summed E-state index contributed by atoms with van der Waals surface area (Å²) in [6.07, 6.45) is 5.03. The molecule has 7 heteroatoms. The van der Waals surface area contributed by atoms with Gasteiger partial charge in [0, 0.05) is 41.9 Å². The van der Waals surface area contributed by atoms with Crippen LogP contribution in [0.5, 0.6) is 0 Å². The van der Waals surface area contributed by atoms with Crippen molar-refractivity contribution in [3.8, 4) is 11.3 Å². The molecule has 2 aromatic carbocycles. The van der Waals surface area contributed by atoms with Gasteiger partial charge in [-0.05, 0) is 49.3 Å². The van der Waals surface area contributed by atoms with Crippen LogP contribution in [0.4, 0.5) is 8.78 Å². The predicted octanol–water partition coefficient (Wildman–Crippen LogP) is 5.21. The SMILES string of the molecule is Cn1nc2c(c1-c1cc(F)cc(F)c1)C[C@H]1CCC[C@@H]2N1C(=O)c1cc2ccccc2cn1. The Morgan fingerprint density at radius 2 is 1.79 bits per heavy atom. The lowest BCUT2D eigenvalue weighted by Gasteiger charge is -2.45. The first-order valence-electron chi connectivity index (χ1n) is 11.2. The number of halogens is 2. The molecule has 1 saturated heterocycles. The average molecular weight is 444 g/mol. The Hall–Kier alpha value is -3.61. The summed E-state index contributed by atoms with van der Waals surface area (Å²) < 4.78 is 29.6. The number of aryl methyl sites for hydroxylation is 1. The summed E-state index contributed by atoms with van der Waals surface area (Å²) in [5.74, 6) is -1.32. The van der Waals surface area contributed by atoms with Gasteiger partial charge in [0.2, 0.25) is 0 Å². The molecule has 2 aliphatic heterocycles. The molecule has 5 nitrogen and oxygen atoms in total. The topological polar surface area (TPSA) is 51.0 Å². The number of nitrogens with zero attached hydrogens (tertiary/aromatic N) is 4. The van der Waals surface area contributed by atoms with Crippen LogP contribution in [0.2, 0.25) is 0 Å². The molecule has 166 valence electrons. The van der Waals surface area contributed by atoms with Crippen molar-refractivity contribution in [2.24, 2.45) is 7.05 Å². The monoisotopic (exact) mass is 444 g/mol. The number of hydrogen-bond donors (Lipinski definition) is 0. The highest BCUT2D eigenvalue weighted by Gasteiger charge is 2.43. The number of aromatic nitrogens is 3. The van der Waals surface area contributed by atoms with Gasteiger partial charge in [0.25, 0.3) is 5.91 Å². The van der Waals surface area contributed by atoms with E-state index in [2.05, 4.69) is 4.98 Å². The number of fused-ring (bicyclic) bond motifs is 5. The first kappa shape index (κ1) is 20.0. The van der Waals surface area contributed by atoms with Crippen molar-refractivity contribution in [3.05, 3.63) is 83.3 Å². The van der Waals surface area contributed by atoms with Crippen LogP contribution in [0, 0.1) is 11.6 Å². The van der Waals surface area contributed by atoms with Crippen LogP contribution in [-0.4, -0.2) is 31.6 Å². The van der Waals surface area contributed by atoms with Gasteiger partial charge in [-0.25, -0.2) is 8.78 Å². The summed E-state index contributed by atoms with van der Waals surface area (Å²) in [5, 5.41) is 6.71. The van der Waals surface area contributed by atoms with E-state index < -0.39 is 11.6 Å². The maximum absolute atomic E-state index is 14.0. The molecule has 2 aromatic heterocycles. The van der Waals surface area contributed by atoms with Crippen molar-refractivity contribution < 1.29 is 13.6 Å². The molecule has 4 heterocycles. The lowest BCUT2D eigenvalue weighted by Crippen LogP contribution is -2.50. The first-order valence-corrected chi connectivity index (χ1v) is 11.2. The highest BCUT2D eigenvalue weighted by Crippen LogP contribution is 2.45. The Labute approximate surface area is 189 Å². The lowest BCUT2D eigenvalue weighted by molar-refractivity contribution is 0.0386. The van der Waals surface area contributed by atoms with Crippen LogP contribution in [0.1, 0.15) is 47.1 Å². The average Bonchev–Trinajstić information content (AvgIpc) is 3.13. The molecule has 0 saturated carbocycles. The van der Waals surface area contributed by atoms with E-state index in [4.69, 9.17) is 5.10 Å². The van der Waals surface area contributed by atoms with Crippen LogP contribution in [-0.2, 0) is 13.5 Å². The Morgan fingerprint density at radius 1 is 1.03 bits per heavy atom. The van der Waals surface area contributed by atoms with E-state index in [1.165, 1.54) is 12.1 Å². The van der Waals surface area contributed by atoms with Crippen molar-refractivity contribution in [2.75, 3.05) is 0 Å². The number of pyridine rings is 1. The van der Waals surface area contributed by atoms with Gasteiger partial charge in [-0.2, -0.15) is 5.10 Å². The molecule has 2 atom stereocenters. The van der Waals surface area contributed by atoms with Gasteiger partial charge in [0.1, 0.15) is 17.3 Å². The van der Waals surface area contributed by atoms with Crippen molar-refractivity contribution in [1.29, 1.82) is 0 Å². The van der Waals surface area contributed by atoms with Crippen LogP contribution < -0.4 is 0 Å². The fraction of sp³-hybridized carbons (Fsp3) is 0.269. The molecule has 2 bridgehead atoms. The molecule has 0 N–H and O–H groups in total. The van der Waals surface area contributed by atoms with E-state index in [1.807, 2.05) is 35.2 Å². The second-order valence-corrected chi connectivity index (χ2v) is 8.93. The molecule has 33 heavy (non-hydrogen) atoms. The number of carbonyl (C=O) groups is 1. The molecule has 1 amide bonds. The fourth-order valence-corrected chi connectivity index (χ4v) is 5.53. The highest BCUT2D eigenvalue weighted by molar-refractivity contribution is 5.97. The highest BCUT2D eigenvalue weighted by atomic mass is 19.1. The van der Waals surface area contributed by atoms with Gasteiger partial charge in [0.05, 0.1) is 17.4 Å². The lowest BCUT2D eigenvalue weighted by atomic mass is 9.81. The summed E-state index contributed by atoms with van der Waals surface area (Å²) in [7, 11) is 1.79. The smallest absolute Gasteiger partial charge is 0.273 e. The summed E-state index contributed by atoms with van der Waals surface area (Å²) in [4.78, 5) is 20.0. The van der Waals surface area contributed by atoms with E-state index in [0.717, 1.165) is 53.1 Å². The number of hydrogen-bond acceptors (Lipinski definition) is 3. The third kappa shape index (κ3) is 3.22. The Morgan fingerprint density at radius 3 is 2.58 bits per heavy atom. The predicted molar refractivity (Wildman–Crippen MR) is 121 cm³/mol. The Bertz CT molecular complexity index is 1390. The van der Waals surface area contributed by atoms with Gasteiger partial charge in [-0.15, -0.1) is 0 Å². The molecule has 0 spiro atoms. The minimum Gasteiger partial charge on any atom is -0.325 e. The van der Waals surface area contributed by atoms with Crippen molar-refractivity contribution in [1.82, 2.24) is 19.7 Å². The van der Waals surface area contributed by atoms with Crippen molar-refractivity contribution in [3.63, 3.8) is 0 Å². The third-order valence-electron chi connectivity index (χ3n) is 6.90. The van der Waals surface area contributed by atoms with Gasteiger partial charge in [0.15, 0.2) is 0 Å². The van der Waals surface area contributed by atoms with E-state index in [9.17, 15) is 13.6 Å². The first-order chi connectivity index (χ1) is 16.0. The third-order valence-corrected chi connectivity index (χ3v) is 6.90. The van der Waals surface area contributed by atoms with Crippen LogP contribution in [0.15, 0.2) is 54.7 Å². The van der Waals surface area contributed by atoms with Crippen LogP contribution in [0.25, 0.3) is 22.0 Å². The number of benzene rings is 2. The summed E-state index contributed by atoms with van der Waals surface area (Å²) in [6.45, 7) is 0. The number of piperidine rings is 1. The van der Waals surface area contributed by atoms with Crippen LogP contribution >= 0.6 is 0 Å². The van der Waals surface area contributed by atoms with E-state index in [1.54, 1.807) is 17.9 Å². The van der Waals surface area contributed by atoms with Gasteiger partial charge in [-0.3, -0.25) is 14.5 Å². The van der Waals surface area contributed by atoms with Gasteiger partial charge in [-0.1, -0.05) is 24.3 Å². The van der Waals surface area contributed by atoms with Crippen molar-refractivity contribution in [2.45, 2.75) is 37.8 Å². The number of rotatable bonds is 2. The van der Waals surface area contributed by atoms with Gasteiger partial charge < -0.3 is 4.90 Å². The second-order valence-electron chi connectivity index (χ2n) is 8.93. The standard InChI is InChI=1S/C26H22F2N4O/c1-31-25(17-9-18(27)12-19(28)10-17)21-13-20-7-4-8-23(24(21)30-31)32(20)26(33)22-11-15-5-2-3-6-16(15)14-29-22/h2-3,5-6,9-12,14,20,23H,4,7-8,13H2,1H3/t20-,23+/m1/s1. The zero-order chi connectivity index (χ0) is 22.7. The summed E-state index contributed by atoms with van der Waals surface area (Å²) in [5.41, 5.74) is 3.42. The maximum atomic E-state index is 14.0. The molecular formula is C26H22F2N4O. The quantitative estimate of drug-likeness (QED) is 0.427. The largest absolute Gasteiger partial charge is 0.325 e. The minimum atomic E-state index is -0.616.